The van der Waals surface area contributed by atoms with Crippen LogP contribution in [0.3, 0.4) is 0 Å². The zero-order valence-electron chi connectivity index (χ0n) is 16.4. The van der Waals surface area contributed by atoms with Crippen LogP contribution in [0.4, 0.5) is 0 Å². The number of nitrogens with zero attached hydrogens (tertiary/aromatic N) is 4. The molecule has 3 aromatic rings. The van der Waals surface area contributed by atoms with Crippen molar-refractivity contribution in [1.29, 1.82) is 0 Å². The number of carbonyl (C=O) groups is 1. The third-order valence-electron chi connectivity index (χ3n) is 4.40. The maximum absolute atomic E-state index is 12.8. The normalized spacial score (nSPS) is 11.6. The number of aromatic nitrogens is 2. The van der Waals surface area contributed by atoms with Gasteiger partial charge in [0.15, 0.2) is 0 Å². The van der Waals surface area contributed by atoms with Crippen LogP contribution in [0, 0.1) is 0 Å². The van der Waals surface area contributed by atoms with Crippen LogP contribution in [0.5, 0.6) is 0 Å². The van der Waals surface area contributed by atoms with E-state index in [-0.39, 0.29) is 16.4 Å². The summed E-state index contributed by atoms with van der Waals surface area (Å²) >= 11 is 0. The van der Waals surface area contributed by atoms with Gasteiger partial charge < -0.3 is 4.90 Å². The molecule has 0 aliphatic carbocycles. The number of rotatable bonds is 7. The second-order valence-corrected chi connectivity index (χ2v) is 8.35. The van der Waals surface area contributed by atoms with Gasteiger partial charge in [-0.2, -0.15) is 5.10 Å². The largest absolute Gasteiger partial charge is 0.337 e. The highest BCUT2D eigenvalue weighted by Gasteiger charge is 2.22. The third-order valence-corrected chi connectivity index (χ3v) is 6.07. The Kier molecular flexibility index (Phi) is 6.12. The summed E-state index contributed by atoms with van der Waals surface area (Å²) in [6.45, 7) is 0.334. The van der Waals surface area contributed by atoms with Crippen LogP contribution in [0.1, 0.15) is 15.9 Å². The Morgan fingerprint density at radius 3 is 2.52 bits per heavy atom. The molecule has 0 aliphatic heterocycles. The van der Waals surface area contributed by atoms with Crippen molar-refractivity contribution in [2.45, 2.75) is 11.4 Å². The van der Waals surface area contributed by atoms with Gasteiger partial charge in [0.2, 0.25) is 0 Å². The van der Waals surface area contributed by atoms with Crippen LogP contribution in [0.2, 0.25) is 0 Å². The number of hydrogen-bond acceptors (Lipinski definition) is 5. The standard InChI is InChI=1S/C20H22N4O4S/c1-22(14-16-13-21-24(15-16)18-9-5-4-6-10-18)20(25)17-8-7-11-19(12-17)29(26,27)23(2)28-3/h4-13,15H,14H2,1-3H3. The number of para-hydroxylation sites is 1. The summed E-state index contributed by atoms with van der Waals surface area (Å²) < 4.78 is 27.3. The molecule has 0 bridgehead atoms. The number of hydroxylamine groups is 1. The van der Waals surface area contributed by atoms with Crippen LogP contribution in [0.15, 0.2) is 71.9 Å². The highest BCUT2D eigenvalue weighted by Crippen LogP contribution is 2.18. The van der Waals surface area contributed by atoms with E-state index >= 15 is 0 Å². The van der Waals surface area contributed by atoms with Crippen molar-refractivity contribution in [2.24, 2.45) is 0 Å². The van der Waals surface area contributed by atoms with Crippen molar-refractivity contribution in [1.82, 2.24) is 19.1 Å². The van der Waals surface area contributed by atoms with E-state index in [0.29, 0.717) is 6.54 Å². The third kappa shape index (κ3) is 4.53. The first-order chi connectivity index (χ1) is 13.8. The van der Waals surface area contributed by atoms with Gasteiger partial charge in [-0.1, -0.05) is 28.7 Å². The molecular formula is C20H22N4O4S. The first-order valence-corrected chi connectivity index (χ1v) is 10.2. The van der Waals surface area contributed by atoms with Crippen LogP contribution >= 0.6 is 0 Å². The molecule has 0 fully saturated rings. The van der Waals surface area contributed by atoms with Crippen LogP contribution in [-0.4, -0.2) is 54.7 Å². The van der Waals surface area contributed by atoms with Gasteiger partial charge in [0.1, 0.15) is 0 Å². The Hall–Kier alpha value is -3.01. The fraction of sp³-hybridized carbons (Fsp3) is 0.200. The van der Waals surface area contributed by atoms with E-state index in [0.717, 1.165) is 15.7 Å². The Bertz CT molecular complexity index is 1100. The van der Waals surface area contributed by atoms with E-state index in [1.165, 1.54) is 37.3 Å². The van der Waals surface area contributed by atoms with Gasteiger partial charge >= 0.3 is 0 Å². The molecule has 3 rings (SSSR count). The SMILES string of the molecule is CON(C)S(=O)(=O)c1cccc(C(=O)N(C)Cc2cnn(-c3ccccc3)c2)c1. The summed E-state index contributed by atoms with van der Waals surface area (Å²) in [5.41, 5.74) is 2.05. The predicted octanol–water partition coefficient (Wildman–Crippen LogP) is 2.33. The highest BCUT2D eigenvalue weighted by atomic mass is 32.2. The summed E-state index contributed by atoms with van der Waals surface area (Å²) in [6.07, 6.45) is 3.55. The average Bonchev–Trinajstić information content (AvgIpc) is 3.21. The first-order valence-electron chi connectivity index (χ1n) is 8.80. The van der Waals surface area contributed by atoms with E-state index in [1.807, 2.05) is 36.5 Å². The minimum Gasteiger partial charge on any atom is -0.337 e. The minimum atomic E-state index is -3.83. The molecule has 1 aromatic heterocycles. The van der Waals surface area contributed by atoms with Crippen molar-refractivity contribution in [2.75, 3.05) is 21.2 Å². The van der Waals surface area contributed by atoms with Crippen LogP contribution in [0.25, 0.3) is 5.69 Å². The summed E-state index contributed by atoms with van der Waals surface area (Å²) in [4.78, 5) is 19.1. The molecule has 1 amide bonds. The average molecular weight is 414 g/mol. The monoisotopic (exact) mass is 414 g/mol. The van der Waals surface area contributed by atoms with E-state index in [4.69, 9.17) is 4.84 Å². The molecule has 0 saturated heterocycles. The molecule has 0 unspecified atom stereocenters. The van der Waals surface area contributed by atoms with Gasteiger partial charge in [0, 0.05) is 38.0 Å². The molecule has 29 heavy (non-hydrogen) atoms. The first kappa shape index (κ1) is 20.7. The second kappa shape index (κ2) is 8.56. The Labute approximate surface area is 169 Å². The lowest BCUT2D eigenvalue weighted by Crippen LogP contribution is -2.28. The highest BCUT2D eigenvalue weighted by molar-refractivity contribution is 7.89. The van der Waals surface area contributed by atoms with Crippen molar-refractivity contribution in [3.8, 4) is 5.69 Å². The molecule has 0 radical (unpaired) electrons. The van der Waals surface area contributed by atoms with E-state index in [9.17, 15) is 13.2 Å². The molecule has 0 aliphatic rings. The fourth-order valence-corrected chi connectivity index (χ4v) is 3.79. The van der Waals surface area contributed by atoms with Gasteiger partial charge in [-0.25, -0.2) is 13.1 Å². The van der Waals surface area contributed by atoms with Gasteiger partial charge in [-0.05, 0) is 30.3 Å². The van der Waals surface area contributed by atoms with Crippen molar-refractivity contribution in [3.05, 3.63) is 78.1 Å². The number of hydrogen-bond donors (Lipinski definition) is 0. The molecule has 152 valence electrons. The number of amides is 1. The lowest BCUT2D eigenvalue weighted by Gasteiger charge is -2.18. The zero-order valence-corrected chi connectivity index (χ0v) is 17.2. The van der Waals surface area contributed by atoms with Gasteiger partial charge in [-0.15, -0.1) is 0 Å². The molecule has 0 saturated carbocycles. The van der Waals surface area contributed by atoms with Crippen molar-refractivity contribution >= 4 is 15.9 Å². The Morgan fingerprint density at radius 1 is 1.10 bits per heavy atom. The number of sulfonamides is 1. The smallest absolute Gasteiger partial charge is 0.264 e. The summed E-state index contributed by atoms with van der Waals surface area (Å²) in [7, 11) is 0.379. The quantitative estimate of drug-likeness (QED) is 0.554. The van der Waals surface area contributed by atoms with E-state index < -0.39 is 10.0 Å². The lowest BCUT2D eigenvalue weighted by molar-refractivity contribution is -0.0258. The minimum absolute atomic E-state index is 0.0157. The number of benzene rings is 2. The van der Waals surface area contributed by atoms with E-state index in [2.05, 4.69) is 5.10 Å². The zero-order chi connectivity index (χ0) is 21.0. The molecular weight excluding hydrogens is 392 g/mol. The molecule has 0 N–H and O–H groups in total. The van der Waals surface area contributed by atoms with Gasteiger partial charge in [-0.3, -0.25) is 9.63 Å². The summed E-state index contributed by atoms with van der Waals surface area (Å²) in [6, 6.07) is 15.5. The molecule has 9 heteroatoms. The topological polar surface area (TPSA) is 84.7 Å². The van der Waals surface area contributed by atoms with E-state index in [1.54, 1.807) is 24.0 Å². The predicted molar refractivity (Wildman–Crippen MR) is 108 cm³/mol. The second-order valence-electron chi connectivity index (χ2n) is 6.42. The summed E-state index contributed by atoms with van der Waals surface area (Å²) in [5.74, 6) is -0.297. The number of carbonyl (C=O) groups excluding carboxylic acids is 1. The molecule has 1 heterocycles. The van der Waals surface area contributed by atoms with Crippen LogP contribution in [-0.2, 0) is 21.4 Å². The maximum Gasteiger partial charge on any atom is 0.264 e. The Balaban J connectivity index is 1.76. The lowest BCUT2D eigenvalue weighted by atomic mass is 10.2. The maximum atomic E-state index is 12.8. The molecule has 8 nitrogen and oxygen atoms in total. The van der Waals surface area contributed by atoms with Crippen molar-refractivity contribution < 1.29 is 18.0 Å². The van der Waals surface area contributed by atoms with Gasteiger partial charge in [0.25, 0.3) is 15.9 Å². The molecule has 0 atom stereocenters. The molecule has 2 aromatic carbocycles. The summed E-state index contributed by atoms with van der Waals surface area (Å²) in [5, 5.41) is 4.33. The van der Waals surface area contributed by atoms with Gasteiger partial charge in [0.05, 0.1) is 23.9 Å². The molecule has 0 spiro atoms. The van der Waals surface area contributed by atoms with Crippen molar-refractivity contribution in [3.63, 3.8) is 0 Å². The Morgan fingerprint density at radius 2 is 1.83 bits per heavy atom. The van der Waals surface area contributed by atoms with Crippen LogP contribution < -0.4 is 0 Å². The fourth-order valence-electron chi connectivity index (χ4n) is 2.77.